The number of likely N-dealkylation sites (tertiary alicyclic amines) is 1. The molecular weight excluding hydrogens is 566 g/mol. The van der Waals surface area contributed by atoms with Crippen LogP contribution in [0.5, 0.6) is 0 Å². The Kier molecular flexibility index (Phi) is 10.6. The van der Waals surface area contributed by atoms with Crippen molar-refractivity contribution in [1.29, 1.82) is 5.41 Å². The second kappa shape index (κ2) is 15.2. The van der Waals surface area contributed by atoms with Crippen LogP contribution in [0, 0.1) is 11.3 Å². The lowest BCUT2D eigenvalue weighted by atomic mass is 10.0. The summed E-state index contributed by atoms with van der Waals surface area (Å²) in [5.74, 6) is 1.95. The minimum atomic E-state index is 0.223. The first-order valence-corrected chi connectivity index (χ1v) is 17.5. The molecule has 46 heavy (non-hydrogen) atoms. The van der Waals surface area contributed by atoms with Gasteiger partial charge in [0.2, 0.25) is 0 Å². The highest BCUT2D eigenvalue weighted by molar-refractivity contribution is 5.80. The Labute approximate surface area is 276 Å². The van der Waals surface area contributed by atoms with Crippen LogP contribution in [0.4, 0.5) is 0 Å². The predicted octanol–water partition coefficient (Wildman–Crippen LogP) is 5.51. The van der Waals surface area contributed by atoms with Crippen molar-refractivity contribution in [2.24, 2.45) is 16.6 Å². The zero-order chi connectivity index (χ0) is 31.9. The summed E-state index contributed by atoms with van der Waals surface area (Å²) in [4.78, 5) is 14.6. The molecule has 2 fully saturated rings. The monoisotopic (exact) mass is 619 g/mol. The fourth-order valence-corrected chi connectivity index (χ4v) is 7.71. The SMILES string of the molecule is CCC(C)CN1C(=N)N([C@@H](Cc2ccccc2)CN2CCCC2CN2C(N)=NC[C@@H]2Cc2ccccc2)C[C@@H]1Cc1ccccc1. The van der Waals surface area contributed by atoms with E-state index in [1.165, 1.54) is 29.5 Å². The lowest BCUT2D eigenvalue weighted by molar-refractivity contribution is 0.157. The number of nitrogens with two attached hydrogens (primary N) is 1. The molecule has 3 aliphatic rings. The Bertz CT molecular complexity index is 1410. The summed E-state index contributed by atoms with van der Waals surface area (Å²) < 4.78 is 0. The molecule has 3 aliphatic heterocycles. The van der Waals surface area contributed by atoms with Crippen molar-refractivity contribution in [3.63, 3.8) is 0 Å². The van der Waals surface area contributed by atoms with Gasteiger partial charge < -0.3 is 20.4 Å². The van der Waals surface area contributed by atoms with Crippen molar-refractivity contribution in [2.45, 2.75) is 76.5 Å². The number of rotatable bonds is 14. The van der Waals surface area contributed by atoms with Crippen molar-refractivity contribution < 1.29 is 0 Å². The summed E-state index contributed by atoms with van der Waals surface area (Å²) in [6.45, 7) is 10.1. The van der Waals surface area contributed by atoms with E-state index in [1.54, 1.807) is 0 Å². The average molecular weight is 620 g/mol. The van der Waals surface area contributed by atoms with Gasteiger partial charge in [-0.1, -0.05) is 111 Å². The molecule has 3 aromatic rings. The third-order valence-corrected chi connectivity index (χ3v) is 10.5. The quantitative estimate of drug-likeness (QED) is 0.249. The van der Waals surface area contributed by atoms with Gasteiger partial charge in [-0.25, -0.2) is 0 Å². The van der Waals surface area contributed by atoms with Gasteiger partial charge in [0.05, 0.1) is 18.6 Å². The first-order valence-electron chi connectivity index (χ1n) is 17.5. The molecule has 0 spiro atoms. The van der Waals surface area contributed by atoms with Gasteiger partial charge in [0.15, 0.2) is 11.9 Å². The van der Waals surface area contributed by atoms with E-state index in [9.17, 15) is 5.41 Å². The largest absolute Gasteiger partial charge is 0.370 e. The lowest BCUT2D eigenvalue weighted by Gasteiger charge is -2.37. The molecule has 0 amide bonds. The normalized spacial score (nSPS) is 23.3. The number of nitrogens with one attached hydrogen (secondary N) is 1. The molecule has 7 heteroatoms. The van der Waals surface area contributed by atoms with Gasteiger partial charge in [0, 0.05) is 38.3 Å². The molecule has 2 saturated heterocycles. The Morgan fingerprint density at radius 3 is 2.04 bits per heavy atom. The Morgan fingerprint density at radius 1 is 0.804 bits per heavy atom. The first-order chi connectivity index (χ1) is 22.5. The molecular formula is C39H53N7. The fraction of sp³-hybridized carbons (Fsp3) is 0.487. The van der Waals surface area contributed by atoms with E-state index in [1.807, 2.05) is 0 Å². The van der Waals surface area contributed by atoms with E-state index in [-0.39, 0.29) is 6.04 Å². The summed E-state index contributed by atoms with van der Waals surface area (Å²) in [6.07, 6.45) is 6.37. The summed E-state index contributed by atoms with van der Waals surface area (Å²) in [5.41, 5.74) is 10.6. The van der Waals surface area contributed by atoms with Crippen LogP contribution in [0.3, 0.4) is 0 Å². The van der Waals surface area contributed by atoms with E-state index in [0.717, 1.165) is 65.0 Å². The second-order valence-corrected chi connectivity index (χ2v) is 13.8. The van der Waals surface area contributed by atoms with Crippen LogP contribution >= 0.6 is 0 Å². The molecule has 0 radical (unpaired) electrons. The summed E-state index contributed by atoms with van der Waals surface area (Å²) >= 11 is 0. The second-order valence-electron chi connectivity index (χ2n) is 13.8. The van der Waals surface area contributed by atoms with Gasteiger partial charge in [0.25, 0.3) is 0 Å². The maximum absolute atomic E-state index is 9.58. The van der Waals surface area contributed by atoms with Crippen molar-refractivity contribution in [2.75, 3.05) is 39.3 Å². The molecule has 0 aliphatic carbocycles. The van der Waals surface area contributed by atoms with Gasteiger partial charge in [-0.15, -0.1) is 0 Å². The van der Waals surface area contributed by atoms with Crippen LogP contribution in [-0.4, -0.2) is 95.0 Å². The van der Waals surface area contributed by atoms with E-state index < -0.39 is 0 Å². The van der Waals surface area contributed by atoms with E-state index >= 15 is 0 Å². The lowest BCUT2D eigenvalue weighted by Crippen LogP contribution is -2.52. The predicted molar refractivity (Wildman–Crippen MR) is 190 cm³/mol. The van der Waals surface area contributed by atoms with Gasteiger partial charge in [-0.3, -0.25) is 15.3 Å². The molecule has 0 aromatic heterocycles. The highest BCUT2D eigenvalue weighted by atomic mass is 15.5. The Morgan fingerprint density at radius 2 is 1.41 bits per heavy atom. The molecule has 2 unspecified atom stereocenters. The average Bonchev–Trinajstić information content (AvgIpc) is 3.76. The smallest absolute Gasteiger partial charge is 0.194 e. The Hall–Kier alpha value is -3.84. The van der Waals surface area contributed by atoms with E-state index in [0.29, 0.717) is 36.0 Å². The molecule has 7 nitrogen and oxygen atoms in total. The van der Waals surface area contributed by atoms with Crippen molar-refractivity contribution in [3.8, 4) is 0 Å². The third kappa shape index (κ3) is 7.75. The van der Waals surface area contributed by atoms with E-state index in [4.69, 9.17) is 10.7 Å². The van der Waals surface area contributed by atoms with Gasteiger partial charge in [0.1, 0.15) is 0 Å². The molecule has 5 atom stereocenters. The summed E-state index contributed by atoms with van der Waals surface area (Å²) in [5, 5.41) is 9.58. The van der Waals surface area contributed by atoms with Crippen LogP contribution in [0.25, 0.3) is 0 Å². The van der Waals surface area contributed by atoms with Crippen LogP contribution in [0.15, 0.2) is 96.0 Å². The number of aliphatic imine (C=N–C) groups is 1. The molecule has 6 rings (SSSR count). The fourth-order valence-electron chi connectivity index (χ4n) is 7.71. The molecule has 244 valence electrons. The van der Waals surface area contributed by atoms with Crippen molar-refractivity contribution >= 4 is 11.9 Å². The third-order valence-electron chi connectivity index (χ3n) is 10.5. The highest BCUT2D eigenvalue weighted by Crippen LogP contribution is 2.28. The number of hydrogen-bond acceptors (Lipinski definition) is 5. The van der Waals surface area contributed by atoms with Crippen molar-refractivity contribution in [3.05, 3.63) is 108 Å². The first kappa shape index (κ1) is 32.1. The van der Waals surface area contributed by atoms with E-state index in [2.05, 4.69) is 124 Å². The highest BCUT2D eigenvalue weighted by Gasteiger charge is 2.40. The number of hydrogen-bond donors (Lipinski definition) is 2. The summed E-state index contributed by atoms with van der Waals surface area (Å²) in [7, 11) is 0. The zero-order valence-corrected chi connectivity index (χ0v) is 27.8. The van der Waals surface area contributed by atoms with Crippen LogP contribution < -0.4 is 5.73 Å². The number of nitrogens with zero attached hydrogens (tertiary/aromatic N) is 5. The van der Waals surface area contributed by atoms with Gasteiger partial charge >= 0.3 is 0 Å². The minimum absolute atomic E-state index is 0.223. The summed E-state index contributed by atoms with van der Waals surface area (Å²) in [6, 6.07) is 33.8. The maximum Gasteiger partial charge on any atom is 0.194 e. The van der Waals surface area contributed by atoms with Gasteiger partial charge in [-0.2, -0.15) is 0 Å². The molecule has 0 bridgehead atoms. The maximum atomic E-state index is 9.58. The standard InChI is InChI=1S/C39H53N7/c1-3-30(2)26-45-37(24-33-18-11-6-12-19-33)29-46(39(45)41)36(23-32-16-9-5-10-17-32)27-43-21-13-20-34(43)28-44-35(25-42-38(44)40)22-31-14-7-4-8-15-31/h4-12,14-19,30,34-37,41H,3,13,20-29H2,1-2H3,(H2,40,42)/t30?,34?,35-,36-,37-/m0/s1. The zero-order valence-electron chi connectivity index (χ0n) is 27.8. The molecule has 3 N–H and O–H groups in total. The topological polar surface area (TPSA) is 75.2 Å². The van der Waals surface area contributed by atoms with Crippen LogP contribution in [-0.2, 0) is 19.3 Å². The van der Waals surface area contributed by atoms with Crippen LogP contribution in [0.1, 0.15) is 49.8 Å². The Balaban J connectivity index is 1.21. The molecule has 3 aromatic carbocycles. The van der Waals surface area contributed by atoms with Crippen molar-refractivity contribution in [1.82, 2.24) is 19.6 Å². The number of guanidine groups is 2. The molecule has 0 saturated carbocycles. The van der Waals surface area contributed by atoms with Crippen LogP contribution in [0.2, 0.25) is 0 Å². The number of benzene rings is 3. The minimum Gasteiger partial charge on any atom is -0.370 e. The van der Waals surface area contributed by atoms with Gasteiger partial charge in [-0.05, 0) is 61.3 Å². The molecule has 3 heterocycles.